The Labute approximate surface area is 116 Å². The van der Waals surface area contributed by atoms with Crippen molar-refractivity contribution >= 4 is 21.2 Å². The number of rotatable bonds is 5. The molecule has 0 atom stereocenters. The SMILES string of the molecule is CS(=O)(=O)c1ccc(-c2nnc(CCCN)s2)cc1. The molecule has 1 aromatic heterocycles. The van der Waals surface area contributed by atoms with Gasteiger partial charge in [0.05, 0.1) is 4.90 Å². The topological polar surface area (TPSA) is 85.9 Å². The van der Waals surface area contributed by atoms with Gasteiger partial charge in [0.15, 0.2) is 9.84 Å². The van der Waals surface area contributed by atoms with E-state index in [-0.39, 0.29) is 0 Å². The Morgan fingerprint density at radius 2 is 1.89 bits per heavy atom. The van der Waals surface area contributed by atoms with E-state index in [0.717, 1.165) is 28.4 Å². The first-order valence-corrected chi connectivity index (χ1v) is 8.54. The number of aromatic nitrogens is 2. The molecule has 0 bridgehead atoms. The van der Waals surface area contributed by atoms with Gasteiger partial charge in [-0.2, -0.15) is 0 Å². The van der Waals surface area contributed by atoms with Crippen LogP contribution in [-0.2, 0) is 16.3 Å². The average molecular weight is 297 g/mol. The van der Waals surface area contributed by atoms with E-state index in [1.54, 1.807) is 24.3 Å². The van der Waals surface area contributed by atoms with Crippen molar-refractivity contribution in [3.05, 3.63) is 29.3 Å². The van der Waals surface area contributed by atoms with Crippen LogP contribution in [0.5, 0.6) is 0 Å². The molecule has 102 valence electrons. The largest absolute Gasteiger partial charge is 0.330 e. The van der Waals surface area contributed by atoms with Crippen molar-refractivity contribution in [1.29, 1.82) is 0 Å². The first-order chi connectivity index (χ1) is 9.00. The van der Waals surface area contributed by atoms with Crippen LogP contribution in [0.25, 0.3) is 10.6 Å². The summed E-state index contributed by atoms with van der Waals surface area (Å²) in [6.45, 7) is 0.637. The van der Waals surface area contributed by atoms with E-state index >= 15 is 0 Å². The molecule has 0 aliphatic carbocycles. The van der Waals surface area contributed by atoms with Gasteiger partial charge in [-0.3, -0.25) is 0 Å². The predicted molar refractivity (Wildman–Crippen MR) is 75.8 cm³/mol. The van der Waals surface area contributed by atoms with Crippen LogP contribution in [0.15, 0.2) is 29.2 Å². The summed E-state index contributed by atoms with van der Waals surface area (Å²) in [5.41, 5.74) is 6.33. The van der Waals surface area contributed by atoms with Gasteiger partial charge in [0.1, 0.15) is 10.0 Å². The molecule has 1 heterocycles. The third kappa shape index (κ3) is 3.59. The molecule has 0 saturated heterocycles. The Kier molecular flexibility index (Phi) is 4.28. The second-order valence-electron chi connectivity index (χ2n) is 4.19. The molecule has 0 saturated carbocycles. The van der Waals surface area contributed by atoms with Crippen LogP contribution >= 0.6 is 11.3 Å². The van der Waals surface area contributed by atoms with E-state index in [4.69, 9.17) is 5.73 Å². The average Bonchev–Trinajstić information content (AvgIpc) is 2.84. The minimum atomic E-state index is -3.16. The van der Waals surface area contributed by atoms with Gasteiger partial charge in [-0.05, 0) is 25.1 Å². The Balaban J connectivity index is 2.20. The van der Waals surface area contributed by atoms with Crippen LogP contribution in [0.2, 0.25) is 0 Å². The molecule has 19 heavy (non-hydrogen) atoms. The maximum Gasteiger partial charge on any atom is 0.175 e. The molecule has 7 heteroatoms. The zero-order chi connectivity index (χ0) is 13.9. The molecule has 0 radical (unpaired) electrons. The molecule has 2 aromatic rings. The molecule has 0 unspecified atom stereocenters. The molecule has 1 aromatic carbocycles. The molecule has 0 amide bonds. The van der Waals surface area contributed by atoms with Gasteiger partial charge in [-0.15, -0.1) is 10.2 Å². The quantitative estimate of drug-likeness (QED) is 0.904. The van der Waals surface area contributed by atoms with Crippen LogP contribution in [-0.4, -0.2) is 31.4 Å². The third-order valence-electron chi connectivity index (χ3n) is 2.59. The van der Waals surface area contributed by atoms with Gasteiger partial charge in [-0.1, -0.05) is 23.5 Å². The minimum Gasteiger partial charge on any atom is -0.330 e. The van der Waals surface area contributed by atoms with Crippen LogP contribution in [0.1, 0.15) is 11.4 Å². The lowest BCUT2D eigenvalue weighted by Gasteiger charge is -1.99. The molecule has 0 fully saturated rings. The monoisotopic (exact) mass is 297 g/mol. The van der Waals surface area contributed by atoms with Gasteiger partial charge in [0.25, 0.3) is 0 Å². The molecule has 0 spiro atoms. The Morgan fingerprint density at radius 3 is 2.47 bits per heavy atom. The highest BCUT2D eigenvalue weighted by Gasteiger charge is 2.09. The molecular weight excluding hydrogens is 282 g/mol. The van der Waals surface area contributed by atoms with Crippen molar-refractivity contribution in [3.8, 4) is 10.6 Å². The predicted octanol–water partition coefficient (Wildman–Crippen LogP) is 1.50. The fourth-order valence-electron chi connectivity index (χ4n) is 1.57. The first kappa shape index (κ1) is 14.1. The highest BCUT2D eigenvalue weighted by atomic mass is 32.2. The van der Waals surface area contributed by atoms with Gasteiger partial charge >= 0.3 is 0 Å². The smallest absolute Gasteiger partial charge is 0.175 e. The van der Waals surface area contributed by atoms with E-state index in [1.165, 1.54) is 17.6 Å². The van der Waals surface area contributed by atoms with Gasteiger partial charge in [-0.25, -0.2) is 8.42 Å². The lowest BCUT2D eigenvalue weighted by molar-refractivity contribution is 0.602. The second-order valence-corrected chi connectivity index (χ2v) is 7.27. The highest BCUT2D eigenvalue weighted by Crippen LogP contribution is 2.25. The summed E-state index contributed by atoms with van der Waals surface area (Å²) in [4.78, 5) is 0.309. The van der Waals surface area contributed by atoms with Gasteiger partial charge in [0, 0.05) is 18.2 Å². The fraction of sp³-hybridized carbons (Fsp3) is 0.333. The zero-order valence-electron chi connectivity index (χ0n) is 10.5. The summed E-state index contributed by atoms with van der Waals surface area (Å²) in [6.07, 6.45) is 2.91. The zero-order valence-corrected chi connectivity index (χ0v) is 12.2. The Hall–Kier alpha value is -1.31. The first-order valence-electron chi connectivity index (χ1n) is 5.83. The third-order valence-corrected chi connectivity index (χ3v) is 4.75. The number of nitrogens with zero attached hydrogens (tertiary/aromatic N) is 2. The number of benzene rings is 1. The number of hydrogen-bond acceptors (Lipinski definition) is 6. The Morgan fingerprint density at radius 1 is 1.21 bits per heavy atom. The number of nitrogens with two attached hydrogens (primary N) is 1. The van der Waals surface area contributed by atoms with E-state index < -0.39 is 9.84 Å². The van der Waals surface area contributed by atoms with Crippen molar-refractivity contribution in [2.45, 2.75) is 17.7 Å². The summed E-state index contributed by atoms with van der Waals surface area (Å²) in [5, 5.41) is 9.96. The summed E-state index contributed by atoms with van der Waals surface area (Å²) >= 11 is 1.51. The van der Waals surface area contributed by atoms with Crippen molar-refractivity contribution in [3.63, 3.8) is 0 Å². The Bertz CT molecular complexity index is 648. The molecule has 0 aliphatic rings. The van der Waals surface area contributed by atoms with Gasteiger partial charge in [0.2, 0.25) is 0 Å². The number of sulfone groups is 1. The number of aryl methyl sites for hydroxylation is 1. The van der Waals surface area contributed by atoms with E-state index in [2.05, 4.69) is 10.2 Å². The lowest BCUT2D eigenvalue weighted by Crippen LogP contribution is -1.99. The standard InChI is InChI=1S/C12H15N3O2S2/c1-19(16,17)10-6-4-9(5-7-10)12-15-14-11(18-12)3-2-8-13/h4-7H,2-3,8,13H2,1H3. The van der Waals surface area contributed by atoms with Crippen molar-refractivity contribution in [2.24, 2.45) is 5.73 Å². The van der Waals surface area contributed by atoms with Crippen LogP contribution in [0.4, 0.5) is 0 Å². The van der Waals surface area contributed by atoms with Crippen molar-refractivity contribution < 1.29 is 8.42 Å². The summed E-state index contributed by atoms with van der Waals surface area (Å²) < 4.78 is 22.7. The highest BCUT2D eigenvalue weighted by molar-refractivity contribution is 7.90. The van der Waals surface area contributed by atoms with E-state index in [0.29, 0.717) is 11.4 Å². The molecule has 2 N–H and O–H groups in total. The normalized spacial score (nSPS) is 11.7. The second kappa shape index (κ2) is 5.77. The van der Waals surface area contributed by atoms with Gasteiger partial charge < -0.3 is 5.73 Å². The molecule has 0 aliphatic heterocycles. The van der Waals surface area contributed by atoms with Crippen LogP contribution in [0, 0.1) is 0 Å². The lowest BCUT2D eigenvalue weighted by atomic mass is 10.2. The minimum absolute atomic E-state index is 0.309. The number of hydrogen-bond donors (Lipinski definition) is 1. The van der Waals surface area contributed by atoms with E-state index in [9.17, 15) is 8.42 Å². The van der Waals surface area contributed by atoms with Crippen LogP contribution < -0.4 is 5.73 Å². The fourth-order valence-corrected chi connectivity index (χ4v) is 3.09. The molecule has 5 nitrogen and oxygen atoms in total. The van der Waals surface area contributed by atoms with Crippen molar-refractivity contribution in [1.82, 2.24) is 10.2 Å². The summed E-state index contributed by atoms with van der Waals surface area (Å²) in [6, 6.07) is 6.68. The maximum absolute atomic E-state index is 11.4. The summed E-state index contributed by atoms with van der Waals surface area (Å²) in [5.74, 6) is 0. The van der Waals surface area contributed by atoms with Crippen LogP contribution in [0.3, 0.4) is 0 Å². The summed E-state index contributed by atoms with van der Waals surface area (Å²) in [7, 11) is -3.16. The maximum atomic E-state index is 11.4. The molecule has 2 rings (SSSR count). The van der Waals surface area contributed by atoms with E-state index in [1.807, 2.05) is 0 Å². The van der Waals surface area contributed by atoms with Crippen molar-refractivity contribution in [2.75, 3.05) is 12.8 Å². The molecular formula is C12H15N3O2S2.